The van der Waals surface area contributed by atoms with Crippen molar-refractivity contribution in [2.24, 2.45) is 0 Å². The molecule has 0 saturated carbocycles. The standard InChI is InChI=1S/C28H22N2O4.C25H20O2.C24H20N2O4.C19H18N2O4/c1-17(31)19-7-11-25(12-8-19)29-27(33)23-5-3-22-16-24(6-4-21(22)15-23)28(34)30-26-13-9-20(10-14-26)18(2)32;1-16(26)20-7-9-22-12-18(3-5-24(22)14-20)11-19-4-6-25-15-21(17(2)27)8-10-23(25)13-19;1-15(27)17-7-11-21(12-8-17)25-23(29)19-3-5-20(6-4-19)24(30)26-22-13-9-18(10-14-22)16(2)28;1-12(22)14-3-7-16(8-4-14)20-18(24)11-19(25)21-17-9-5-15(6-10-17)13(2)23/h3-16H,1-2H3,(H,29,33)(H,30,34);3-10,12-15H,11H2,1-2H3;3-14H,1-2H3,(H,25,29)(H,26,30);3-10H,11H2,1-2H3,(H,20,24)(H,21,25). The van der Waals surface area contributed by atoms with Gasteiger partial charge < -0.3 is 31.9 Å². The van der Waals surface area contributed by atoms with Crippen LogP contribution in [-0.2, 0) is 16.0 Å². The molecule has 0 spiro atoms. The zero-order chi connectivity index (χ0) is 83.3. The smallest absolute Gasteiger partial charge is 0.255 e. The van der Waals surface area contributed by atoms with Crippen LogP contribution < -0.4 is 31.9 Å². The molecule has 116 heavy (non-hydrogen) atoms. The largest absolute Gasteiger partial charge is 0.326 e. The van der Waals surface area contributed by atoms with E-state index >= 15 is 0 Å². The lowest BCUT2D eigenvalue weighted by Gasteiger charge is -2.09. The number of carbonyl (C=O) groups excluding carboxylic acids is 14. The van der Waals surface area contributed by atoms with Crippen molar-refractivity contribution in [2.75, 3.05) is 31.9 Å². The van der Waals surface area contributed by atoms with Gasteiger partial charge in [-0.2, -0.15) is 0 Å². The topological polar surface area (TPSA) is 311 Å². The van der Waals surface area contributed by atoms with Crippen molar-refractivity contribution in [2.45, 2.75) is 68.2 Å². The number of hydrogen-bond acceptors (Lipinski definition) is 14. The van der Waals surface area contributed by atoms with Crippen LogP contribution in [0.2, 0.25) is 0 Å². The molecule has 20 nitrogen and oxygen atoms in total. The monoisotopic (exact) mass is 1540 g/mol. The number of fused-ring (bicyclic) bond motifs is 3. The van der Waals surface area contributed by atoms with Gasteiger partial charge in [-0.1, -0.05) is 72.8 Å². The Kier molecular flexibility index (Phi) is 27.7. The number of ketones is 8. The van der Waals surface area contributed by atoms with Gasteiger partial charge in [0.15, 0.2) is 46.3 Å². The van der Waals surface area contributed by atoms with Crippen LogP contribution >= 0.6 is 0 Å². The summed E-state index contributed by atoms with van der Waals surface area (Å²) in [4.78, 5) is 165. The first-order valence-electron chi connectivity index (χ1n) is 36.7. The Bertz CT molecular complexity index is 5630. The third-order valence-corrected chi connectivity index (χ3v) is 18.5. The molecule has 13 rings (SSSR count). The van der Waals surface area contributed by atoms with Crippen LogP contribution in [0.1, 0.15) is 197 Å². The van der Waals surface area contributed by atoms with Gasteiger partial charge in [0.25, 0.3) is 23.6 Å². The van der Waals surface area contributed by atoms with Gasteiger partial charge in [-0.15, -0.1) is 0 Å². The summed E-state index contributed by atoms with van der Waals surface area (Å²) in [5.41, 5.74) is 12.4. The number of rotatable bonds is 22. The summed E-state index contributed by atoms with van der Waals surface area (Å²) in [5, 5.41) is 22.4. The molecule has 0 unspecified atom stereocenters. The first-order valence-corrected chi connectivity index (χ1v) is 36.7. The molecule has 6 amide bonds. The highest BCUT2D eigenvalue weighted by atomic mass is 16.2. The predicted octanol–water partition coefficient (Wildman–Crippen LogP) is 19.4. The van der Waals surface area contributed by atoms with Crippen molar-refractivity contribution >= 4 is 148 Å². The second-order valence-electron chi connectivity index (χ2n) is 27.3. The maximum atomic E-state index is 12.7. The molecule has 0 bridgehead atoms. The summed E-state index contributed by atoms with van der Waals surface area (Å²) >= 11 is 0. The van der Waals surface area contributed by atoms with Crippen LogP contribution in [0, 0.1) is 0 Å². The van der Waals surface area contributed by atoms with Gasteiger partial charge in [-0.3, -0.25) is 67.1 Å². The van der Waals surface area contributed by atoms with Crippen LogP contribution in [-0.4, -0.2) is 81.7 Å². The van der Waals surface area contributed by atoms with Crippen LogP contribution in [0.5, 0.6) is 0 Å². The van der Waals surface area contributed by atoms with E-state index in [0.29, 0.717) is 89.8 Å². The van der Waals surface area contributed by atoms with Crippen LogP contribution in [0.25, 0.3) is 32.3 Å². The normalized spacial score (nSPS) is 10.4. The summed E-state index contributed by atoms with van der Waals surface area (Å²) < 4.78 is 0. The highest BCUT2D eigenvalue weighted by Crippen LogP contribution is 2.26. The molecule has 0 aliphatic carbocycles. The second-order valence-corrected chi connectivity index (χ2v) is 27.3. The van der Waals surface area contributed by atoms with E-state index in [-0.39, 0.29) is 76.3 Å². The Morgan fingerprint density at radius 3 is 0.586 bits per heavy atom. The number of Topliss-reactive ketones (excluding diaryl/α,β-unsaturated/α-hetero) is 8. The van der Waals surface area contributed by atoms with Gasteiger partial charge in [-0.25, -0.2) is 0 Å². The minimum absolute atomic E-state index is 0.0358. The van der Waals surface area contributed by atoms with Crippen molar-refractivity contribution in [3.63, 3.8) is 0 Å². The maximum Gasteiger partial charge on any atom is 0.255 e. The van der Waals surface area contributed by atoms with Crippen molar-refractivity contribution in [1.82, 2.24) is 0 Å². The minimum Gasteiger partial charge on any atom is -0.326 e. The van der Waals surface area contributed by atoms with E-state index in [4.69, 9.17) is 0 Å². The fourth-order valence-electron chi connectivity index (χ4n) is 11.9. The van der Waals surface area contributed by atoms with E-state index in [0.717, 1.165) is 49.9 Å². The Balaban J connectivity index is 0.000000164. The molecule has 13 aromatic rings. The fourth-order valence-corrected chi connectivity index (χ4v) is 11.9. The van der Waals surface area contributed by atoms with Gasteiger partial charge in [-0.05, 0) is 312 Å². The number of amides is 6. The zero-order valence-electron chi connectivity index (χ0n) is 64.7. The maximum absolute atomic E-state index is 12.7. The third kappa shape index (κ3) is 23.4. The quantitative estimate of drug-likeness (QED) is 0.0272. The molecule has 0 aliphatic rings. The number of benzene rings is 13. The lowest BCUT2D eigenvalue weighted by molar-refractivity contribution is -0.123. The Morgan fingerprint density at radius 1 is 0.181 bits per heavy atom. The lowest BCUT2D eigenvalue weighted by atomic mass is 9.97. The minimum atomic E-state index is -0.464. The Morgan fingerprint density at radius 2 is 0.353 bits per heavy atom. The van der Waals surface area contributed by atoms with Crippen molar-refractivity contribution < 1.29 is 67.1 Å². The summed E-state index contributed by atoms with van der Waals surface area (Å²) in [6.45, 7) is 12.0. The SMILES string of the molecule is CC(=O)c1ccc(NC(=O)CC(=O)Nc2ccc(C(C)=O)cc2)cc1.CC(=O)c1ccc(NC(=O)c2ccc(C(=O)Nc3ccc(C(C)=O)cc3)cc2)cc1.CC(=O)c1ccc(NC(=O)c2ccc3cc(C(=O)Nc4ccc(C(C)=O)cc4)ccc3c2)cc1.CC(=O)c1ccc2cc(Cc3ccc4cc(C(C)=O)ccc4c3)ccc2c1. The molecule has 6 N–H and O–H groups in total. The van der Waals surface area contributed by atoms with E-state index < -0.39 is 11.8 Å². The van der Waals surface area contributed by atoms with E-state index in [2.05, 4.69) is 68.3 Å². The molecule has 13 aromatic carbocycles. The van der Waals surface area contributed by atoms with E-state index in [1.54, 1.807) is 220 Å². The molecule has 0 radical (unpaired) electrons. The number of carbonyl (C=O) groups is 14. The van der Waals surface area contributed by atoms with E-state index in [1.165, 1.54) is 52.7 Å². The molecule has 0 saturated heterocycles. The number of nitrogens with one attached hydrogen (secondary N) is 6. The first-order chi connectivity index (χ1) is 55.5. The van der Waals surface area contributed by atoms with Gasteiger partial charge in [0.1, 0.15) is 6.42 Å². The van der Waals surface area contributed by atoms with Gasteiger partial charge in [0, 0.05) is 101 Å². The molecular formula is C96H80N6O14. The van der Waals surface area contributed by atoms with Gasteiger partial charge in [0.05, 0.1) is 0 Å². The predicted molar refractivity (Wildman–Crippen MR) is 453 cm³/mol. The highest BCUT2D eigenvalue weighted by molar-refractivity contribution is 6.12. The second kappa shape index (κ2) is 38.6. The average Bonchev–Trinajstić information content (AvgIpc) is 0.810. The molecular weight excluding hydrogens is 1460 g/mol. The number of hydrogen-bond donors (Lipinski definition) is 6. The third-order valence-electron chi connectivity index (χ3n) is 18.5. The summed E-state index contributed by atoms with van der Waals surface area (Å²) in [7, 11) is 0. The van der Waals surface area contributed by atoms with Gasteiger partial charge in [0.2, 0.25) is 11.8 Å². The first kappa shape index (κ1) is 83.3. The van der Waals surface area contributed by atoms with Crippen molar-refractivity contribution in [3.05, 3.63) is 357 Å². The Hall–Kier alpha value is -15.2. The van der Waals surface area contributed by atoms with E-state index in [1.807, 2.05) is 36.4 Å². The molecule has 0 aromatic heterocycles. The average molecular weight is 1540 g/mol. The number of anilines is 6. The zero-order valence-corrected chi connectivity index (χ0v) is 64.7. The van der Waals surface area contributed by atoms with Crippen molar-refractivity contribution in [1.29, 1.82) is 0 Å². The summed E-state index contributed by atoms with van der Waals surface area (Å²) in [6.07, 6.45) is 0.498. The molecule has 0 heterocycles. The van der Waals surface area contributed by atoms with Crippen molar-refractivity contribution in [3.8, 4) is 0 Å². The van der Waals surface area contributed by atoms with E-state index in [9.17, 15) is 67.1 Å². The molecule has 0 fully saturated rings. The van der Waals surface area contributed by atoms with Crippen LogP contribution in [0.15, 0.2) is 279 Å². The lowest BCUT2D eigenvalue weighted by Crippen LogP contribution is -2.21. The van der Waals surface area contributed by atoms with Crippen LogP contribution in [0.3, 0.4) is 0 Å². The molecule has 0 aliphatic heterocycles. The highest BCUT2D eigenvalue weighted by Gasteiger charge is 2.17. The molecule has 578 valence electrons. The summed E-state index contributed by atoms with van der Waals surface area (Å²) in [6, 6.07) is 80.7. The molecule has 0 atom stereocenters. The fraction of sp³-hybridized carbons (Fsp3) is 0.104. The summed E-state index contributed by atoms with van der Waals surface area (Å²) in [5.74, 6) is -2.22. The Labute approximate surface area is 668 Å². The van der Waals surface area contributed by atoms with Gasteiger partial charge >= 0.3 is 0 Å². The molecule has 20 heteroatoms. The van der Waals surface area contributed by atoms with Crippen LogP contribution in [0.4, 0.5) is 34.1 Å².